The van der Waals surface area contributed by atoms with Crippen molar-refractivity contribution in [3.8, 4) is 11.3 Å². The Bertz CT molecular complexity index is 1040. The first-order chi connectivity index (χ1) is 14.6. The van der Waals surface area contributed by atoms with Gasteiger partial charge in [-0.1, -0.05) is 6.07 Å². The van der Waals surface area contributed by atoms with E-state index >= 15 is 0 Å². The van der Waals surface area contributed by atoms with E-state index in [0.717, 1.165) is 11.3 Å². The Morgan fingerprint density at radius 3 is 2.67 bits per heavy atom. The molecule has 2 aromatic heterocycles. The molecule has 0 spiro atoms. The number of nitro benzene ring substituents is 1. The number of pyridine rings is 1. The SMILES string of the molecule is O=[N+]([O-])c1ccc(-c2ccc([C@@H]3[C@@H](c4ccccn4)NC(=S)N3CCCO)o2)cc1. The predicted molar refractivity (Wildman–Crippen MR) is 115 cm³/mol. The molecule has 2 N–H and O–H groups in total. The normalized spacial score (nSPS) is 18.4. The fraction of sp³-hybridized carbons (Fsp3) is 0.238. The summed E-state index contributed by atoms with van der Waals surface area (Å²) in [5.74, 6) is 1.31. The van der Waals surface area contributed by atoms with E-state index in [1.807, 2.05) is 35.2 Å². The number of nitrogens with zero attached hydrogens (tertiary/aromatic N) is 3. The largest absolute Gasteiger partial charge is 0.459 e. The number of furan rings is 1. The van der Waals surface area contributed by atoms with E-state index in [2.05, 4.69) is 10.3 Å². The van der Waals surface area contributed by atoms with Crippen molar-refractivity contribution < 1.29 is 14.4 Å². The lowest BCUT2D eigenvalue weighted by Crippen LogP contribution is -2.30. The van der Waals surface area contributed by atoms with Crippen LogP contribution in [-0.4, -0.2) is 38.2 Å². The maximum absolute atomic E-state index is 10.9. The second kappa shape index (κ2) is 8.60. The highest BCUT2D eigenvalue weighted by Crippen LogP contribution is 2.40. The molecule has 4 rings (SSSR count). The van der Waals surface area contributed by atoms with Gasteiger partial charge in [0, 0.05) is 37.0 Å². The van der Waals surface area contributed by atoms with Gasteiger partial charge >= 0.3 is 0 Å². The smallest absolute Gasteiger partial charge is 0.269 e. The van der Waals surface area contributed by atoms with E-state index in [4.69, 9.17) is 16.6 Å². The first kappa shape index (κ1) is 20.0. The zero-order valence-corrected chi connectivity index (χ0v) is 16.8. The lowest BCUT2D eigenvalue weighted by molar-refractivity contribution is -0.384. The minimum atomic E-state index is -0.432. The number of nitrogens with one attached hydrogen (secondary N) is 1. The number of hydrogen-bond donors (Lipinski definition) is 2. The first-order valence-electron chi connectivity index (χ1n) is 9.52. The monoisotopic (exact) mass is 424 g/mol. The van der Waals surface area contributed by atoms with E-state index in [9.17, 15) is 15.2 Å². The van der Waals surface area contributed by atoms with Gasteiger partial charge in [-0.05, 0) is 55.0 Å². The lowest BCUT2D eigenvalue weighted by atomic mass is 10.0. The molecule has 2 atom stereocenters. The predicted octanol–water partition coefficient (Wildman–Crippen LogP) is 3.60. The van der Waals surface area contributed by atoms with Gasteiger partial charge in [0.05, 0.1) is 16.7 Å². The minimum Gasteiger partial charge on any atom is -0.459 e. The average Bonchev–Trinajstić information content (AvgIpc) is 3.37. The third-order valence-corrected chi connectivity index (χ3v) is 5.39. The number of benzene rings is 1. The van der Waals surface area contributed by atoms with Crippen LogP contribution in [0.15, 0.2) is 65.2 Å². The Balaban J connectivity index is 1.67. The van der Waals surface area contributed by atoms with E-state index in [1.165, 1.54) is 12.1 Å². The van der Waals surface area contributed by atoms with Crippen molar-refractivity contribution in [3.63, 3.8) is 0 Å². The molecule has 8 nitrogen and oxygen atoms in total. The van der Waals surface area contributed by atoms with Crippen LogP contribution < -0.4 is 5.32 Å². The number of non-ortho nitro benzene ring substituents is 1. The van der Waals surface area contributed by atoms with Gasteiger partial charge in [-0.2, -0.15) is 0 Å². The number of rotatable bonds is 7. The van der Waals surface area contributed by atoms with Gasteiger partial charge < -0.3 is 19.7 Å². The molecule has 30 heavy (non-hydrogen) atoms. The summed E-state index contributed by atoms with van der Waals surface area (Å²) < 4.78 is 6.16. The van der Waals surface area contributed by atoms with E-state index in [0.29, 0.717) is 29.6 Å². The second-order valence-corrected chi connectivity index (χ2v) is 7.29. The molecule has 0 amide bonds. The summed E-state index contributed by atoms with van der Waals surface area (Å²) in [6.45, 7) is 0.635. The third kappa shape index (κ3) is 3.89. The molecule has 1 saturated heterocycles. The van der Waals surface area contributed by atoms with Gasteiger partial charge in [0.1, 0.15) is 17.6 Å². The van der Waals surface area contributed by atoms with Crippen LogP contribution in [0.3, 0.4) is 0 Å². The highest BCUT2D eigenvalue weighted by atomic mass is 32.1. The quantitative estimate of drug-likeness (QED) is 0.337. The first-order valence-corrected chi connectivity index (χ1v) is 9.93. The molecule has 1 aliphatic rings. The van der Waals surface area contributed by atoms with Crippen LogP contribution in [0.5, 0.6) is 0 Å². The molecule has 9 heteroatoms. The van der Waals surface area contributed by atoms with E-state index in [-0.39, 0.29) is 24.4 Å². The van der Waals surface area contributed by atoms with Crippen LogP contribution in [-0.2, 0) is 0 Å². The molecule has 0 aliphatic carbocycles. The number of aliphatic hydroxyl groups is 1. The minimum absolute atomic E-state index is 0.0289. The Hall–Kier alpha value is -3.30. The number of aliphatic hydroxyl groups excluding tert-OH is 1. The molecular weight excluding hydrogens is 404 g/mol. The van der Waals surface area contributed by atoms with Crippen molar-refractivity contribution in [2.24, 2.45) is 0 Å². The molecule has 3 aromatic rings. The van der Waals surface area contributed by atoms with Gasteiger partial charge in [0.2, 0.25) is 0 Å². The van der Waals surface area contributed by atoms with Gasteiger partial charge in [0.25, 0.3) is 5.69 Å². The maximum atomic E-state index is 10.9. The molecule has 1 aliphatic heterocycles. The maximum Gasteiger partial charge on any atom is 0.269 e. The average molecular weight is 424 g/mol. The van der Waals surface area contributed by atoms with Gasteiger partial charge in [-0.15, -0.1) is 0 Å². The van der Waals surface area contributed by atoms with Crippen LogP contribution in [0.2, 0.25) is 0 Å². The van der Waals surface area contributed by atoms with Crippen LogP contribution >= 0.6 is 12.2 Å². The summed E-state index contributed by atoms with van der Waals surface area (Å²) in [7, 11) is 0. The molecule has 1 fully saturated rings. The van der Waals surface area contributed by atoms with Gasteiger partial charge in [-0.3, -0.25) is 15.1 Å². The summed E-state index contributed by atoms with van der Waals surface area (Å²) in [5.41, 5.74) is 1.61. The summed E-state index contributed by atoms with van der Waals surface area (Å²) in [6.07, 6.45) is 2.31. The standard InChI is InChI=1S/C21H20N4O4S/c26-13-3-12-24-20(19(23-21(24)30)16-4-1-2-11-22-16)18-10-9-17(29-18)14-5-7-15(8-6-14)25(27)28/h1-2,4-11,19-20,26H,3,12-13H2,(H,23,30)/t19-,20-/m1/s1. The zero-order chi connectivity index (χ0) is 21.1. The van der Waals surface area contributed by atoms with Crippen LogP contribution in [0, 0.1) is 10.1 Å². The summed E-state index contributed by atoms with van der Waals surface area (Å²) >= 11 is 5.55. The molecule has 154 valence electrons. The molecule has 0 radical (unpaired) electrons. The molecule has 0 bridgehead atoms. The second-order valence-electron chi connectivity index (χ2n) is 6.90. The number of aromatic nitrogens is 1. The number of nitro groups is 1. The Morgan fingerprint density at radius 2 is 2.00 bits per heavy atom. The summed E-state index contributed by atoms with van der Waals surface area (Å²) in [4.78, 5) is 16.9. The number of hydrogen-bond acceptors (Lipinski definition) is 6. The van der Waals surface area contributed by atoms with Crippen LogP contribution in [0.4, 0.5) is 5.69 Å². The molecular formula is C21H20N4O4S. The molecule has 3 heterocycles. The molecule has 1 aromatic carbocycles. The summed E-state index contributed by atoms with van der Waals surface area (Å²) in [5, 5.41) is 24.1. The summed E-state index contributed by atoms with van der Waals surface area (Å²) in [6, 6.07) is 15.2. The van der Waals surface area contributed by atoms with Gasteiger partial charge in [0.15, 0.2) is 5.11 Å². The lowest BCUT2D eigenvalue weighted by Gasteiger charge is -2.25. The van der Waals surface area contributed by atoms with Gasteiger partial charge in [-0.25, -0.2) is 0 Å². The number of thiocarbonyl (C=S) groups is 1. The Morgan fingerprint density at radius 1 is 1.20 bits per heavy atom. The van der Waals surface area contributed by atoms with Crippen molar-refractivity contribution >= 4 is 23.0 Å². The van der Waals surface area contributed by atoms with E-state index in [1.54, 1.807) is 18.3 Å². The van der Waals surface area contributed by atoms with Crippen LogP contribution in [0.25, 0.3) is 11.3 Å². The topological polar surface area (TPSA) is 105 Å². The van der Waals surface area contributed by atoms with E-state index < -0.39 is 4.92 Å². The van der Waals surface area contributed by atoms with Crippen molar-refractivity contribution in [3.05, 3.63) is 82.4 Å². The van der Waals surface area contributed by atoms with Crippen molar-refractivity contribution in [2.45, 2.75) is 18.5 Å². The molecule has 0 unspecified atom stereocenters. The fourth-order valence-electron chi connectivity index (χ4n) is 3.61. The highest BCUT2D eigenvalue weighted by Gasteiger charge is 2.41. The Labute approximate surface area is 178 Å². The third-order valence-electron chi connectivity index (χ3n) is 5.04. The van der Waals surface area contributed by atoms with Crippen LogP contribution in [0.1, 0.15) is 30.0 Å². The van der Waals surface area contributed by atoms with Crippen molar-refractivity contribution in [1.29, 1.82) is 0 Å². The zero-order valence-electron chi connectivity index (χ0n) is 16.0. The Kier molecular flexibility index (Phi) is 5.73. The molecule has 0 saturated carbocycles. The highest BCUT2D eigenvalue weighted by molar-refractivity contribution is 7.80. The van der Waals surface area contributed by atoms with Crippen molar-refractivity contribution in [2.75, 3.05) is 13.2 Å². The fourth-order valence-corrected chi connectivity index (χ4v) is 3.94. The van der Waals surface area contributed by atoms with Crippen molar-refractivity contribution in [1.82, 2.24) is 15.2 Å².